The standard InChI is InChI=1S/C12H18N2S.H2O4S/c1-10-5-7-11(8-6-10)4-3-9-14-12(13)15-2;1-5(2,3)4/h5-8H,3-4,9H2,1-2H3,(H2,13,14);(H2,1,2,3,4). The molecule has 0 amide bonds. The molecule has 0 unspecified atom stereocenters. The first-order valence-electron chi connectivity index (χ1n) is 5.81. The van der Waals surface area contributed by atoms with E-state index in [2.05, 4.69) is 36.2 Å². The van der Waals surface area contributed by atoms with Crippen molar-refractivity contribution in [3.8, 4) is 0 Å². The van der Waals surface area contributed by atoms with Crippen LogP contribution < -0.4 is 5.73 Å². The van der Waals surface area contributed by atoms with Crippen LogP contribution in [-0.2, 0) is 16.8 Å². The van der Waals surface area contributed by atoms with Gasteiger partial charge in [0.05, 0.1) is 0 Å². The molecule has 6 nitrogen and oxygen atoms in total. The second kappa shape index (κ2) is 9.76. The summed E-state index contributed by atoms with van der Waals surface area (Å²) in [7, 11) is -4.67. The van der Waals surface area contributed by atoms with Gasteiger partial charge in [-0.15, -0.1) is 0 Å². The van der Waals surface area contributed by atoms with E-state index in [0.29, 0.717) is 5.17 Å². The van der Waals surface area contributed by atoms with Crippen molar-refractivity contribution in [2.75, 3.05) is 12.8 Å². The molecule has 1 aromatic carbocycles. The van der Waals surface area contributed by atoms with Gasteiger partial charge in [0.25, 0.3) is 0 Å². The van der Waals surface area contributed by atoms with Crippen LogP contribution in [0.25, 0.3) is 0 Å². The lowest BCUT2D eigenvalue weighted by atomic mass is 10.1. The lowest BCUT2D eigenvalue weighted by Crippen LogP contribution is -2.06. The van der Waals surface area contributed by atoms with Gasteiger partial charge in [0, 0.05) is 6.54 Å². The minimum Gasteiger partial charge on any atom is -0.379 e. The lowest BCUT2D eigenvalue weighted by molar-refractivity contribution is 0.381. The molecule has 4 N–H and O–H groups in total. The molecule has 0 fully saturated rings. The molecule has 0 saturated carbocycles. The molecule has 20 heavy (non-hydrogen) atoms. The van der Waals surface area contributed by atoms with E-state index in [0.717, 1.165) is 19.4 Å². The van der Waals surface area contributed by atoms with Crippen molar-refractivity contribution < 1.29 is 17.5 Å². The number of aliphatic imine (C=N–C) groups is 1. The van der Waals surface area contributed by atoms with Gasteiger partial charge in [0.15, 0.2) is 5.17 Å². The first-order valence-corrected chi connectivity index (χ1v) is 8.44. The van der Waals surface area contributed by atoms with E-state index in [1.807, 2.05) is 6.26 Å². The predicted molar refractivity (Wildman–Crippen MR) is 83.7 cm³/mol. The largest absolute Gasteiger partial charge is 0.394 e. The highest BCUT2D eigenvalue weighted by molar-refractivity contribution is 8.13. The van der Waals surface area contributed by atoms with Crippen LogP contribution in [0, 0.1) is 6.92 Å². The summed E-state index contributed by atoms with van der Waals surface area (Å²) in [5, 5.41) is 0.680. The van der Waals surface area contributed by atoms with Gasteiger partial charge < -0.3 is 5.73 Å². The zero-order valence-corrected chi connectivity index (χ0v) is 13.1. The van der Waals surface area contributed by atoms with Gasteiger partial charge in [-0.3, -0.25) is 14.1 Å². The maximum Gasteiger partial charge on any atom is 0.394 e. The van der Waals surface area contributed by atoms with Gasteiger partial charge in [-0.2, -0.15) is 8.42 Å². The smallest absolute Gasteiger partial charge is 0.379 e. The quantitative estimate of drug-likeness (QED) is 0.338. The van der Waals surface area contributed by atoms with Gasteiger partial charge in [-0.1, -0.05) is 41.6 Å². The Kier molecular flexibility index (Phi) is 9.23. The van der Waals surface area contributed by atoms with E-state index < -0.39 is 10.4 Å². The highest BCUT2D eigenvalue weighted by Gasteiger charge is 1.93. The molecule has 0 heterocycles. The van der Waals surface area contributed by atoms with E-state index in [4.69, 9.17) is 23.3 Å². The molecule has 0 radical (unpaired) electrons. The average molecular weight is 320 g/mol. The van der Waals surface area contributed by atoms with Crippen LogP contribution in [0.1, 0.15) is 17.5 Å². The fraction of sp³-hybridized carbons (Fsp3) is 0.417. The van der Waals surface area contributed by atoms with Crippen molar-refractivity contribution in [3.63, 3.8) is 0 Å². The fourth-order valence-corrected chi connectivity index (χ4v) is 1.51. The zero-order valence-electron chi connectivity index (χ0n) is 11.5. The molecule has 114 valence electrons. The fourth-order valence-electron chi connectivity index (χ4n) is 1.29. The molecule has 0 spiro atoms. The predicted octanol–water partition coefficient (Wildman–Crippen LogP) is 1.95. The normalized spacial score (nSPS) is 11.7. The number of amidine groups is 1. The third kappa shape index (κ3) is 13.3. The number of nitrogens with two attached hydrogens (primary N) is 1. The van der Waals surface area contributed by atoms with Crippen LogP contribution in [-0.4, -0.2) is 35.5 Å². The van der Waals surface area contributed by atoms with Gasteiger partial charge in [0.1, 0.15) is 0 Å². The molecule has 0 aliphatic carbocycles. The van der Waals surface area contributed by atoms with Crippen molar-refractivity contribution in [1.29, 1.82) is 0 Å². The summed E-state index contributed by atoms with van der Waals surface area (Å²) in [5.41, 5.74) is 8.27. The van der Waals surface area contributed by atoms with Crippen LogP contribution in [0.4, 0.5) is 0 Å². The Balaban J connectivity index is 0.000000621. The Morgan fingerprint density at radius 1 is 1.30 bits per heavy atom. The van der Waals surface area contributed by atoms with Crippen molar-refractivity contribution >= 4 is 27.3 Å². The molecule has 0 aliphatic heterocycles. The Labute approximate surface area is 124 Å². The van der Waals surface area contributed by atoms with Crippen molar-refractivity contribution in [2.24, 2.45) is 10.7 Å². The number of thioether (sulfide) groups is 1. The Bertz CT molecular complexity index is 505. The van der Waals surface area contributed by atoms with Crippen LogP contribution in [0.5, 0.6) is 0 Å². The third-order valence-corrected chi connectivity index (χ3v) is 2.77. The summed E-state index contributed by atoms with van der Waals surface area (Å²) in [6.45, 7) is 2.92. The number of aryl methyl sites for hydroxylation is 2. The second-order valence-electron chi connectivity index (χ2n) is 3.96. The molecule has 0 aromatic heterocycles. The number of hydrogen-bond donors (Lipinski definition) is 3. The summed E-state index contributed by atoms with van der Waals surface area (Å²) in [6, 6.07) is 8.65. The van der Waals surface area contributed by atoms with Gasteiger partial charge >= 0.3 is 10.4 Å². The summed E-state index contributed by atoms with van der Waals surface area (Å²) >= 11 is 1.50. The Morgan fingerprint density at radius 2 is 1.80 bits per heavy atom. The van der Waals surface area contributed by atoms with E-state index in [1.165, 1.54) is 22.9 Å². The maximum atomic E-state index is 8.74. The molecule has 0 bridgehead atoms. The first-order chi connectivity index (χ1) is 9.22. The van der Waals surface area contributed by atoms with E-state index in [9.17, 15) is 0 Å². The molecular formula is C12H20N2O4S2. The molecule has 0 saturated heterocycles. The number of rotatable bonds is 4. The molecule has 8 heteroatoms. The van der Waals surface area contributed by atoms with Crippen LogP contribution >= 0.6 is 11.8 Å². The Hall–Kier alpha value is -1.09. The Morgan fingerprint density at radius 3 is 2.25 bits per heavy atom. The topological polar surface area (TPSA) is 113 Å². The van der Waals surface area contributed by atoms with Crippen molar-refractivity contribution in [1.82, 2.24) is 0 Å². The summed E-state index contributed by atoms with van der Waals surface area (Å²) < 4.78 is 31.6. The van der Waals surface area contributed by atoms with Crippen LogP contribution in [0.3, 0.4) is 0 Å². The maximum absolute atomic E-state index is 8.74. The van der Waals surface area contributed by atoms with Crippen molar-refractivity contribution in [3.05, 3.63) is 35.4 Å². The minimum absolute atomic E-state index is 0.680. The highest BCUT2D eigenvalue weighted by atomic mass is 32.3. The summed E-state index contributed by atoms with van der Waals surface area (Å²) in [5.74, 6) is 0. The molecule has 1 rings (SSSR count). The molecule has 0 atom stereocenters. The zero-order chi connectivity index (χ0) is 15.6. The van der Waals surface area contributed by atoms with E-state index in [1.54, 1.807) is 0 Å². The summed E-state index contributed by atoms with van der Waals surface area (Å²) in [6.07, 6.45) is 4.08. The molecule has 0 aliphatic rings. The molecular weight excluding hydrogens is 300 g/mol. The summed E-state index contributed by atoms with van der Waals surface area (Å²) in [4.78, 5) is 4.23. The highest BCUT2D eigenvalue weighted by Crippen LogP contribution is 2.05. The van der Waals surface area contributed by atoms with Crippen LogP contribution in [0.2, 0.25) is 0 Å². The monoisotopic (exact) mass is 320 g/mol. The molecule has 1 aromatic rings. The van der Waals surface area contributed by atoms with E-state index in [-0.39, 0.29) is 0 Å². The number of nitrogens with zero attached hydrogens (tertiary/aromatic N) is 1. The minimum atomic E-state index is -4.67. The van der Waals surface area contributed by atoms with Gasteiger partial charge in [0.2, 0.25) is 0 Å². The van der Waals surface area contributed by atoms with E-state index >= 15 is 0 Å². The average Bonchev–Trinajstić information content (AvgIpc) is 2.34. The number of benzene rings is 1. The number of hydrogen-bond acceptors (Lipinski definition) is 4. The van der Waals surface area contributed by atoms with Gasteiger partial charge in [-0.05, 0) is 31.6 Å². The lowest BCUT2D eigenvalue weighted by Gasteiger charge is -2.00. The van der Waals surface area contributed by atoms with Crippen molar-refractivity contribution in [2.45, 2.75) is 19.8 Å². The SMILES string of the molecule is CSC(N)=NCCCc1ccc(C)cc1.O=S(=O)(O)O. The first kappa shape index (κ1) is 18.9. The van der Waals surface area contributed by atoms with Gasteiger partial charge in [-0.25, -0.2) is 0 Å². The second-order valence-corrected chi connectivity index (χ2v) is 5.68. The van der Waals surface area contributed by atoms with Crippen LogP contribution in [0.15, 0.2) is 29.3 Å². The third-order valence-electron chi connectivity index (χ3n) is 2.22.